The van der Waals surface area contributed by atoms with Crippen molar-refractivity contribution < 1.29 is 4.79 Å². The molecule has 1 saturated heterocycles. The number of thiazole rings is 1. The van der Waals surface area contributed by atoms with E-state index in [9.17, 15) is 4.79 Å². The van der Waals surface area contributed by atoms with E-state index in [1.165, 1.54) is 24.2 Å². The Hall–Kier alpha value is -0.940. The van der Waals surface area contributed by atoms with Crippen LogP contribution in [-0.4, -0.2) is 49.4 Å². The number of carbonyl (C=O) groups is 1. The van der Waals surface area contributed by atoms with Crippen molar-refractivity contribution in [3.63, 3.8) is 0 Å². The molecule has 0 saturated carbocycles. The van der Waals surface area contributed by atoms with Gasteiger partial charge in [-0.3, -0.25) is 4.79 Å². The van der Waals surface area contributed by atoms with Crippen molar-refractivity contribution in [3.8, 4) is 0 Å². The number of nitrogens with zero attached hydrogens (tertiary/aromatic N) is 3. The van der Waals surface area contributed by atoms with Crippen molar-refractivity contribution in [2.45, 2.75) is 25.8 Å². The third kappa shape index (κ3) is 2.66. The normalized spacial score (nSPS) is 17.8. The van der Waals surface area contributed by atoms with E-state index in [4.69, 9.17) is 0 Å². The molecule has 94 valence electrons. The van der Waals surface area contributed by atoms with Crippen LogP contribution in [0.2, 0.25) is 0 Å². The fraction of sp³-hybridized carbons (Fsp3) is 0.667. The molecule has 0 aromatic carbocycles. The minimum absolute atomic E-state index is 0.679. The first-order valence-electron chi connectivity index (χ1n) is 5.96. The summed E-state index contributed by atoms with van der Waals surface area (Å²) in [4.78, 5) is 20.6. The summed E-state index contributed by atoms with van der Waals surface area (Å²) in [6.45, 7) is 3.97. The minimum Gasteiger partial charge on any atom is -0.348 e. The molecule has 17 heavy (non-hydrogen) atoms. The maximum Gasteiger partial charge on any atom is 0.186 e. The van der Waals surface area contributed by atoms with Crippen LogP contribution in [0, 0.1) is 6.92 Å². The van der Waals surface area contributed by atoms with Gasteiger partial charge in [-0.1, -0.05) is 11.3 Å². The second-order valence-corrected chi connectivity index (χ2v) is 5.75. The van der Waals surface area contributed by atoms with E-state index >= 15 is 0 Å². The van der Waals surface area contributed by atoms with Crippen molar-refractivity contribution in [3.05, 3.63) is 10.6 Å². The van der Waals surface area contributed by atoms with E-state index in [1.54, 1.807) is 0 Å². The molecule has 0 aliphatic carbocycles. The molecule has 1 fully saturated rings. The van der Waals surface area contributed by atoms with Gasteiger partial charge >= 0.3 is 0 Å². The Morgan fingerprint density at radius 1 is 1.41 bits per heavy atom. The highest BCUT2D eigenvalue weighted by molar-refractivity contribution is 7.17. The van der Waals surface area contributed by atoms with Crippen LogP contribution in [0.1, 0.15) is 28.2 Å². The Balaban J connectivity index is 2.02. The standard InChI is InChI=1S/C12H19N3OS/c1-9-11(8-16)17-12(13-9)15-6-4-10(5-7-15)14(2)3/h8,10H,4-7H2,1-3H3. The second-order valence-electron chi connectivity index (χ2n) is 4.75. The number of hydrogen-bond acceptors (Lipinski definition) is 5. The summed E-state index contributed by atoms with van der Waals surface area (Å²) in [7, 11) is 4.27. The highest BCUT2D eigenvalue weighted by Crippen LogP contribution is 2.27. The van der Waals surface area contributed by atoms with Crippen LogP contribution in [0.3, 0.4) is 0 Å². The number of hydrogen-bond donors (Lipinski definition) is 0. The van der Waals surface area contributed by atoms with Gasteiger partial charge < -0.3 is 9.80 Å². The molecule has 5 heteroatoms. The summed E-state index contributed by atoms with van der Waals surface area (Å²) in [5.74, 6) is 0. The molecule has 0 radical (unpaired) electrons. The molecule has 0 amide bonds. The number of piperidine rings is 1. The Morgan fingerprint density at radius 3 is 2.53 bits per heavy atom. The zero-order valence-electron chi connectivity index (χ0n) is 10.6. The summed E-state index contributed by atoms with van der Waals surface area (Å²) in [6, 6.07) is 0.679. The van der Waals surface area contributed by atoms with Gasteiger partial charge in [0.1, 0.15) is 0 Å². The van der Waals surface area contributed by atoms with E-state index in [0.717, 1.165) is 35.1 Å². The molecular weight excluding hydrogens is 234 g/mol. The summed E-state index contributed by atoms with van der Waals surface area (Å²) < 4.78 is 0. The first-order valence-corrected chi connectivity index (χ1v) is 6.77. The summed E-state index contributed by atoms with van der Waals surface area (Å²) >= 11 is 1.51. The molecule has 0 N–H and O–H groups in total. The zero-order valence-corrected chi connectivity index (χ0v) is 11.5. The van der Waals surface area contributed by atoms with Crippen molar-refractivity contribution in [2.75, 3.05) is 32.1 Å². The first-order chi connectivity index (χ1) is 8.11. The van der Waals surface area contributed by atoms with E-state index in [-0.39, 0.29) is 0 Å². The lowest BCUT2D eigenvalue weighted by molar-refractivity contribution is 0.112. The van der Waals surface area contributed by atoms with Gasteiger partial charge in [-0.25, -0.2) is 4.98 Å². The van der Waals surface area contributed by atoms with E-state index < -0.39 is 0 Å². The van der Waals surface area contributed by atoms with Crippen LogP contribution in [0.15, 0.2) is 0 Å². The van der Waals surface area contributed by atoms with Crippen molar-refractivity contribution in [2.24, 2.45) is 0 Å². The van der Waals surface area contributed by atoms with Crippen molar-refractivity contribution >= 4 is 22.8 Å². The predicted octanol–water partition coefficient (Wildman–Crippen LogP) is 1.79. The van der Waals surface area contributed by atoms with Gasteiger partial charge in [-0.2, -0.15) is 0 Å². The van der Waals surface area contributed by atoms with Crippen LogP contribution in [-0.2, 0) is 0 Å². The molecule has 1 aromatic rings. The SMILES string of the molecule is Cc1nc(N2CCC(N(C)C)CC2)sc1C=O. The Morgan fingerprint density at radius 2 is 2.06 bits per heavy atom. The number of aryl methyl sites for hydroxylation is 1. The molecule has 2 heterocycles. The second kappa shape index (κ2) is 5.14. The first kappa shape index (κ1) is 12.5. The summed E-state index contributed by atoms with van der Waals surface area (Å²) in [5, 5.41) is 1.00. The fourth-order valence-electron chi connectivity index (χ4n) is 2.21. The molecule has 4 nitrogen and oxygen atoms in total. The van der Waals surface area contributed by atoms with Gasteiger partial charge in [-0.05, 0) is 33.9 Å². The third-order valence-corrected chi connectivity index (χ3v) is 4.54. The lowest BCUT2D eigenvalue weighted by Crippen LogP contribution is -2.41. The minimum atomic E-state index is 0.679. The molecule has 1 aliphatic heterocycles. The number of aldehydes is 1. The molecule has 1 aliphatic rings. The van der Waals surface area contributed by atoms with Crippen LogP contribution in [0.5, 0.6) is 0 Å². The van der Waals surface area contributed by atoms with Crippen LogP contribution >= 0.6 is 11.3 Å². The number of anilines is 1. The number of rotatable bonds is 3. The predicted molar refractivity (Wildman–Crippen MR) is 71.2 cm³/mol. The lowest BCUT2D eigenvalue weighted by Gasteiger charge is -2.35. The monoisotopic (exact) mass is 253 g/mol. The molecular formula is C12H19N3OS. The quantitative estimate of drug-likeness (QED) is 0.770. The fourth-order valence-corrected chi connectivity index (χ4v) is 3.14. The maximum atomic E-state index is 10.8. The number of aromatic nitrogens is 1. The molecule has 1 aromatic heterocycles. The largest absolute Gasteiger partial charge is 0.348 e. The van der Waals surface area contributed by atoms with Gasteiger partial charge in [0, 0.05) is 19.1 Å². The van der Waals surface area contributed by atoms with E-state index in [2.05, 4.69) is 28.9 Å². The molecule has 0 bridgehead atoms. The van der Waals surface area contributed by atoms with E-state index in [0.29, 0.717) is 6.04 Å². The molecule has 2 rings (SSSR count). The van der Waals surface area contributed by atoms with Gasteiger partial charge in [-0.15, -0.1) is 0 Å². The van der Waals surface area contributed by atoms with Crippen molar-refractivity contribution in [1.82, 2.24) is 9.88 Å². The van der Waals surface area contributed by atoms with Gasteiger partial charge in [0.25, 0.3) is 0 Å². The average Bonchev–Trinajstić information content (AvgIpc) is 2.70. The van der Waals surface area contributed by atoms with Gasteiger partial charge in [0.05, 0.1) is 10.6 Å². The summed E-state index contributed by atoms with van der Waals surface area (Å²) in [5.41, 5.74) is 0.856. The summed E-state index contributed by atoms with van der Waals surface area (Å²) in [6.07, 6.45) is 3.24. The van der Waals surface area contributed by atoms with Gasteiger partial charge in [0.15, 0.2) is 11.4 Å². The van der Waals surface area contributed by atoms with Crippen molar-refractivity contribution in [1.29, 1.82) is 0 Å². The van der Waals surface area contributed by atoms with Gasteiger partial charge in [0.2, 0.25) is 0 Å². The van der Waals surface area contributed by atoms with E-state index in [1.807, 2.05) is 6.92 Å². The Bertz CT molecular complexity index is 394. The van der Waals surface area contributed by atoms with Crippen LogP contribution in [0.25, 0.3) is 0 Å². The smallest absolute Gasteiger partial charge is 0.186 e. The van der Waals surface area contributed by atoms with Crippen LogP contribution < -0.4 is 4.90 Å². The number of carbonyl (C=O) groups excluding carboxylic acids is 1. The molecule has 0 atom stereocenters. The molecule has 0 unspecified atom stereocenters. The topological polar surface area (TPSA) is 36.4 Å². The highest BCUT2D eigenvalue weighted by atomic mass is 32.1. The van der Waals surface area contributed by atoms with Crippen LogP contribution in [0.4, 0.5) is 5.13 Å². The molecule has 0 spiro atoms. The zero-order chi connectivity index (χ0) is 12.4. The average molecular weight is 253 g/mol. The third-order valence-electron chi connectivity index (χ3n) is 3.39. The Labute approximate surface area is 106 Å². The highest BCUT2D eigenvalue weighted by Gasteiger charge is 2.23. The Kier molecular flexibility index (Phi) is 3.79. The lowest BCUT2D eigenvalue weighted by atomic mass is 10.0. The maximum absolute atomic E-state index is 10.8.